The Hall–Kier alpha value is -4.00. The Bertz CT molecular complexity index is 1590. The standard InChI is InChI=1S/C25H18N4O3S2/c1-29-15-19-10-17(5-6-22(19)25(29)30)23-7-8-24(33-23)18-11-20(14-27-13-18)28-34(31,32)21-4-2-3-16(9-21)12-26/h2-11,13-14,28H,15H2,1H3. The van der Waals surface area contributed by atoms with E-state index in [1.54, 1.807) is 41.6 Å². The first-order chi connectivity index (χ1) is 16.3. The molecule has 0 saturated heterocycles. The quantitative estimate of drug-likeness (QED) is 0.439. The fourth-order valence-corrected chi connectivity index (χ4v) is 5.91. The van der Waals surface area contributed by atoms with E-state index < -0.39 is 10.0 Å². The van der Waals surface area contributed by atoms with Gasteiger partial charge in [0.2, 0.25) is 0 Å². The zero-order valence-electron chi connectivity index (χ0n) is 18.0. The highest BCUT2D eigenvalue weighted by Gasteiger charge is 2.24. The van der Waals surface area contributed by atoms with E-state index in [-0.39, 0.29) is 16.4 Å². The third-order valence-corrected chi connectivity index (χ3v) is 8.09. The average Bonchev–Trinajstić information content (AvgIpc) is 3.44. The predicted molar refractivity (Wildman–Crippen MR) is 131 cm³/mol. The summed E-state index contributed by atoms with van der Waals surface area (Å²) < 4.78 is 28.1. The SMILES string of the molecule is CN1Cc2cc(-c3ccc(-c4cncc(NS(=O)(=O)c5cccc(C#N)c5)c4)s3)ccc2C1=O. The highest BCUT2D eigenvalue weighted by molar-refractivity contribution is 7.92. The van der Waals surface area contributed by atoms with Crippen molar-refractivity contribution in [1.82, 2.24) is 9.88 Å². The molecule has 9 heteroatoms. The second-order valence-electron chi connectivity index (χ2n) is 7.90. The van der Waals surface area contributed by atoms with E-state index in [0.29, 0.717) is 12.2 Å². The van der Waals surface area contributed by atoms with E-state index in [1.807, 2.05) is 36.4 Å². The molecule has 1 N–H and O–H groups in total. The van der Waals surface area contributed by atoms with Crippen LogP contribution >= 0.6 is 11.3 Å². The van der Waals surface area contributed by atoms with Crippen molar-refractivity contribution < 1.29 is 13.2 Å². The normalized spacial score (nSPS) is 12.9. The van der Waals surface area contributed by atoms with Crippen LogP contribution in [0.2, 0.25) is 0 Å². The Morgan fingerprint density at radius 3 is 2.62 bits per heavy atom. The Balaban J connectivity index is 1.40. The number of aromatic nitrogens is 1. The lowest BCUT2D eigenvalue weighted by molar-refractivity contribution is 0.0816. The summed E-state index contributed by atoms with van der Waals surface area (Å²) in [6.45, 7) is 0.601. The number of benzene rings is 2. The van der Waals surface area contributed by atoms with Gasteiger partial charge in [-0.1, -0.05) is 12.1 Å². The van der Waals surface area contributed by atoms with Gasteiger partial charge in [0.1, 0.15) is 0 Å². The molecule has 0 fully saturated rings. The van der Waals surface area contributed by atoms with Crippen LogP contribution < -0.4 is 4.72 Å². The summed E-state index contributed by atoms with van der Waals surface area (Å²) in [4.78, 5) is 20.0. The molecule has 1 aliphatic rings. The number of carbonyl (C=O) groups excluding carboxylic acids is 1. The molecule has 168 valence electrons. The van der Waals surface area contributed by atoms with Crippen LogP contribution in [0.25, 0.3) is 20.9 Å². The van der Waals surface area contributed by atoms with E-state index in [2.05, 4.69) is 9.71 Å². The van der Waals surface area contributed by atoms with Crippen LogP contribution in [0.15, 0.2) is 78.0 Å². The molecule has 0 radical (unpaired) electrons. The molecule has 5 rings (SSSR count). The third kappa shape index (κ3) is 4.05. The second kappa shape index (κ2) is 8.41. The highest BCUT2D eigenvalue weighted by Crippen LogP contribution is 2.36. The van der Waals surface area contributed by atoms with E-state index in [1.165, 1.54) is 24.4 Å². The largest absolute Gasteiger partial charge is 0.337 e. The van der Waals surface area contributed by atoms with Crippen LogP contribution in [-0.4, -0.2) is 31.3 Å². The van der Waals surface area contributed by atoms with Gasteiger partial charge in [-0.25, -0.2) is 8.42 Å². The van der Waals surface area contributed by atoms with Crippen molar-refractivity contribution in [2.24, 2.45) is 0 Å². The number of rotatable bonds is 5. The Morgan fingerprint density at radius 2 is 1.82 bits per heavy atom. The maximum Gasteiger partial charge on any atom is 0.261 e. The molecule has 0 atom stereocenters. The predicted octanol–water partition coefficient (Wildman–Crippen LogP) is 4.74. The number of amides is 1. The van der Waals surface area contributed by atoms with Crippen LogP contribution in [-0.2, 0) is 16.6 Å². The molecule has 3 heterocycles. The number of nitrogens with one attached hydrogen (secondary N) is 1. The smallest absolute Gasteiger partial charge is 0.261 e. The van der Waals surface area contributed by atoms with Gasteiger partial charge in [-0.3, -0.25) is 14.5 Å². The van der Waals surface area contributed by atoms with Gasteiger partial charge < -0.3 is 4.90 Å². The number of sulfonamides is 1. The molecular weight excluding hydrogens is 468 g/mol. The van der Waals surface area contributed by atoms with Crippen LogP contribution in [0.1, 0.15) is 21.5 Å². The summed E-state index contributed by atoms with van der Waals surface area (Å²) in [6.07, 6.45) is 3.12. The van der Waals surface area contributed by atoms with E-state index >= 15 is 0 Å². The number of hydrogen-bond acceptors (Lipinski definition) is 6. The van der Waals surface area contributed by atoms with Gasteiger partial charge >= 0.3 is 0 Å². The van der Waals surface area contributed by atoms with Gasteiger partial charge in [0.15, 0.2) is 0 Å². The number of thiophene rings is 1. The first kappa shape index (κ1) is 21.8. The van der Waals surface area contributed by atoms with Crippen LogP contribution in [0, 0.1) is 11.3 Å². The zero-order valence-corrected chi connectivity index (χ0v) is 19.7. The average molecular weight is 487 g/mol. The molecule has 1 aliphatic heterocycles. The van der Waals surface area contributed by atoms with Crippen molar-refractivity contribution in [3.63, 3.8) is 0 Å². The number of nitrogens with zero attached hydrogens (tertiary/aromatic N) is 3. The van der Waals surface area contributed by atoms with Crippen molar-refractivity contribution in [3.05, 3.63) is 89.7 Å². The molecule has 0 spiro atoms. The number of hydrogen-bond donors (Lipinski definition) is 1. The molecule has 0 unspecified atom stereocenters. The molecule has 0 aliphatic carbocycles. The van der Waals surface area contributed by atoms with Gasteiger partial charge in [-0.15, -0.1) is 11.3 Å². The van der Waals surface area contributed by atoms with E-state index in [0.717, 1.165) is 32.0 Å². The second-order valence-corrected chi connectivity index (χ2v) is 10.7. The monoisotopic (exact) mass is 486 g/mol. The van der Waals surface area contributed by atoms with Gasteiger partial charge in [0.05, 0.1) is 28.4 Å². The van der Waals surface area contributed by atoms with Crippen molar-refractivity contribution in [1.29, 1.82) is 5.26 Å². The minimum atomic E-state index is -3.87. The van der Waals surface area contributed by atoms with Crippen LogP contribution in [0.3, 0.4) is 0 Å². The fraction of sp³-hybridized carbons (Fsp3) is 0.0800. The summed E-state index contributed by atoms with van der Waals surface area (Å²) in [7, 11) is -2.08. The highest BCUT2D eigenvalue weighted by atomic mass is 32.2. The van der Waals surface area contributed by atoms with Crippen molar-refractivity contribution in [2.45, 2.75) is 11.4 Å². The Kier molecular flexibility index (Phi) is 5.40. The van der Waals surface area contributed by atoms with Gasteiger partial charge in [0.25, 0.3) is 15.9 Å². The lowest BCUT2D eigenvalue weighted by Gasteiger charge is -2.09. The molecule has 0 saturated carbocycles. The molecule has 2 aromatic heterocycles. The summed E-state index contributed by atoms with van der Waals surface area (Å²) in [5, 5.41) is 9.04. The summed E-state index contributed by atoms with van der Waals surface area (Å²) >= 11 is 1.56. The first-order valence-electron chi connectivity index (χ1n) is 10.3. The summed E-state index contributed by atoms with van der Waals surface area (Å²) in [6, 6.07) is 19.4. The van der Waals surface area contributed by atoms with Gasteiger partial charge in [-0.2, -0.15) is 5.26 Å². The summed E-state index contributed by atoms with van der Waals surface area (Å²) in [5.74, 6) is 0.0399. The molecule has 7 nitrogen and oxygen atoms in total. The molecule has 0 bridgehead atoms. The zero-order chi connectivity index (χ0) is 23.9. The first-order valence-corrected chi connectivity index (χ1v) is 12.6. The minimum Gasteiger partial charge on any atom is -0.337 e. The minimum absolute atomic E-state index is 0.0103. The van der Waals surface area contributed by atoms with Gasteiger partial charge in [0, 0.05) is 40.7 Å². The fourth-order valence-electron chi connectivity index (χ4n) is 3.84. The number of pyridine rings is 1. The van der Waals surface area contributed by atoms with Crippen LogP contribution in [0.5, 0.6) is 0 Å². The van der Waals surface area contributed by atoms with Crippen LogP contribution in [0.4, 0.5) is 5.69 Å². The maximum atomic E-state index is 12.8. The van der Waals surface area contributed by atoms with Crippen molar-refractivity contribution in [3.8, 4) is 27.0 Å². The topological polar surface area (TPSA) is 103 Å². The molecule has 1 amide bonds. The molecule has 4 aromatic rings. The lowest BCUT2D eigenvalue weighted by Crippen LogP contribution is -2.17. The number of anilines is 1. The number of nitriles is 1. The van der Waals surface area contributed by atoms with Crippen molar-refractivity contribution >= 4 is 33.0 Å². The van der Waals surface area contributed by atoms with E-state index in [4.69, 9.17) is 5.26 Å². The van der Waals surface area contributed by atoms with E-state index in [9.17, 15) is 13.2 Å². The Labute approximate surface area is 201 Å². The molecule has 2 aromatic carbocycles. The molecular formula is C25H18N4O3S2. The van der Waals surface area contributed by atoms with Gasteiger partial charge in [-0.05, 0) is 59.7 Å². The number of carbonyl (C=O) groups is 1. The molecule has 34 heavy (non-hydrogen) atoms. The Morgan fingerprint density at radius 1 is 1.03 bits per heavy atom. The lowest BCUT2D eigenvalue weighted by atomic mass is 10.1. The van der Waals surface area contributed by atoms with Crippen molar-refractivity contribution in [2.75, 3.05) is 11.8 Å². The summed E-state index contributed by atoms with van der Waals surface area (Å²) in [5.41, 5.74) is 4.15. The number of fused-ring (bicyclic) bond motifs is 1. The maximum absolute atomic E-state index is 12.8. The third-order valence-electron chi connectivity index (χ3n) is 5.53.